The van der Waals surface area contributed by atoms with Crippen LogP contribution in [0.1, 0.15) is 51.4 Å². The number of aliphatic carboxylic acids is 2. The molecule has 7 heteroatoms. The lowest BCUT2D eigenvalue weighted by atomic mass is 10.2. The average Bonchev–Trinajstić information content (AvgIpc) is 2.92. The minimum atomic E-state index is -1.82. The fourth-order valence-electron chi connectivity index (χ4n) is 2.87. The van der Waals surface area contributed by atoms with Gasteiger partial charge < -0.3 is 19.8 Å². The monoisotopic (exact) mass is 399 g/mol. The highest BCUT2D eigenvalue weighted by Crippen LogP contribution is 2.16. The number of carbonyl (C=O) groups is 2. The van der Waals surface area contributed by atoms with Crippen LogP contribution in [0.3, 0.4) is 0 Å². The molecule has 152 valence electrons. The topological polar surface area (TPSA) is 87.1 Å². The van der Waals surface area contributed by atoms with Gasteiger partial charge in [0.25, 0.3) is 0 Å². The molecule has 0 atom stereocenters. The van der Waals surface area contributed by atoms with Crippen LogP contribution in [0.25, 0.3) is 0 Å². The average molecular weight is 400 g/mol. The standard InChI is InChI=1S/C18H28ClNO.C2H2O4/c19-17-9-11-18(12-10-17)21-16-8-4-3-7-15-20-13-5-1-2-6-14-20;3-1(4)2(5)6/h9-12H,1-8,13-16H2;(H,3,4)(H,5,6). The molecule has 0 bridgehead atoms. The third-order valence-electron chi connectivity index (χ3n) is 4.33. The van der Waals surface area contributed by atoms with E-state index in [0.29, 0.717) is 0 Å². The van der Waals surface area contributed by atoms with E-state index >= 15 is 0 Å². The zero-order valence-corrected chi connectivity index (χ0v) is 16.5. The summed E-state index contributed by atoms with van der Waals surface area (Å²) < 4.78 is 5.70. The third kappa shape index (κ3) is 12.3. The van der Waals surface area contributed by atoms with Crippen molar-refractivity contribution >= 4 is 23.5 Å². The van der Waals surface area contributed by atoms with Gasteiger partial charge in [0.2, 0.25) is 0 Å². The molecule has 0 aromatic heterocycles. The molecule has 1 heterocycles. The molecule has 2 rings (SSSR count). The zero-order valence-electron chi connectivity index (χ0n) is 15.7. The van der Waals surface area contributed by atoms with Crippen molar-refractivity contribution in [1.29, 1.82) is 0 Å². The number of nitrogens with zero attached hydrogens (tertiary/aromatic N) is 1. The van der Waals surface area contributed by atoms with Crippen LogP contribution in [0.4, 0.5) is 0 Å². The van der Waals surface area contributed by atoms with Gasteiger partial charge in [-0.25, -0.2) is 9.59 Å². The molecule has 0 unspecified atom stereocenters. The number of halogens is 1. The van der Waals surface area contributed by atoms with E-state index in [4.69, 9.17) is 36.1 Å². The number of unbranched alkanes of at least 4 members (excludes halogenated alkanes) is 3. The minimum Gasteiger partial charge on any atom is -0.494 e. The van der Waals surface area contributed by atoms with Crippen molar-refractivity contribution in [2.45, 2.75) is 51.4 Å². The molecule has 6 nitrogen and oxygen atoms in total. The Morgan fingerprint density at radius 1 is 0.889 bits per heavy atom. The SMILES string of the molecule is Clc1ccc(OCCCCCCN2CCCCCC2)cc1.O=C(O)C(=O)O. The summed E-state index contributed by atoms with van der Waals surface area (Å²) in [4.78, 5) is 20.8. The molecule has 0 spiro atoms. The first kappa shape index (κ1) is 23.2. The van der Waals surface area contributed by atoms with E-state index in [1.165, 1.54) is 64.6 Å². The van der Waals surface area contributed by atoms with Crippen molar-refractivity contribution in [3.8, 4) is 5.75 Å². The lowest BCUT2D eigenvalue weighted by Crippen LogP contribution is -2.25. The zero-order chi connectivity index (χ0) is 19.9. The Morgan fingerprint density at radius 3 is 2.00 bits per heavy atom. The second-order valence-electron chi connectivity index (χ2n) is 6.58. The molecule has 0 amide bonds. The molecule has 2 N–H and O–H groups in total. The molecule has 27 heavy (non-hydrogen) atoms. The van der Waals surface area contributed by atoms with Crippen LogP contribution in [0.5, 0.6) is 5.75 Å². The lowest BCUT2D eigenvalue weighted by Gasteiger charge is -2.19. The van der Waals surface area contributed by atoms with Gasteiger partial charge in [0, 0.05) is 5.02 Å². The lowest BCUT2D eigenvalue weighted by molar-refractivity contribution is -0.159. The Bertz CT molecular complexity index is 530. The van der Waals surface area contributed by atoms with Crippen molar-refractivity contribution in [2.24, 2.45) is 0 Å². The number of rotatable bonds is 8. The maximum absolute atomic E-state index is 9.10. The highest BCUT2D eigenvalue weighted by atomic mass is 35.5. The second kappa shape index (κ2) is 14.3. The Balaban J connectivity index is 0.000000527. The summed E-state index contributed by atoms with van der Waals surface area (Å²) in [7, 11) is 0. The van der Waals surface area contributed by atoms with Crippen LogP contribution in [0, 0.1) is 0 Å². The first-order chi connectivity index (χ1) is 13.0. The van der Waals surface area contributed by atoms with Gasteiger partial charge >= 0.3 is 11.9 Å². The van der Waals surface area contributed by atoms with Gasteiger partial charge in [-0.2, -0.15) is 0 Å². The molecular weight excluding hydrogens is 370 g/mol. The largest absolute Gasteiger partial charge is 0.494 e. The minimum absolute atomic E-state index is 0.760. The third-order valence-corrected chi connectivity index (χ3v) is 4.58. The number of carboxylic acid groups (broad SMARTS) is 2. The van der Waals surface area contributed by atoms with E-state index in [1.807, 2.05) is 24.3 Å². The van der Waals surface area contributed by atoms with Crippen LogP contribution >= 0.6 is 11.6 Å². The van der Waals surface area contributed by atoms with Gasteiger partial charge in [-0.05, 0) is 69.6 Å². The number of benzene rings is 1. The van der Waals surface area contributed by atoms with Gasteiger partial charge in [-0.1, -0.05) is 37.3 Å². The smallest absolute Gasteiger partial charge is 0.414 e. The molecule has 0 aliphatic carbocycles. The molecule has 0 saturated carbocycles. The van der Waals surface area contributed by atoms with Crippen molar-refractivity contribution < 1.29 is 24.5 Å². The summed E-state index contributed by atoms with van der Waals surface area (Å²) >= 11 is 5.84. The first-order valence-electron chi connectivity index (χ1n) is 9.56. The fourth-order valence-corrected chi connectivity index (χ4v) is 3.00. The predicted molar refractivity (Wildman–Crippen MR) is 106 cm³/mol. The molecule has 1 aromatic carbocycles. The summed E-state index contributed by atoms with van der Waals surface area (Å²) in [6.07, 6.45) is 10.7. The quantitative estimate of drug-likeness (QED) is 0.500. The van der Waals surface area contributed by atoms with Gasteiger partial charge in [0.15, 0.2) is 0 Å². The van der Waals surface area contributed by atoms with Gasteiger partial charge in [-0.3, -0.25) is 0 Å². The number of ether oxygens (including phenoxy) is 1. The Labute approximate surface area is 166 Å². The van der Waals surface area contributed by atoms with Gasteiger partial charge in [0.05, 0.1) is 6.61 Å². The number of hydrogen-bond donors (Lipinski definition) is 2. The van der Waals surface area contributed by atoms with Crippen molar-refractivity contribution in [2.75, 3.05) is 26.2 Å². The summed E-state index contributed by atoms with van der Waals surface area (Å²) in [6, 6.07) is 7.61. The first-order valence-corrected chi connectivity index (χ1v) is 9.94. The number of carboxylic acids is 2. The van der Waals surface area contributed by atoms with E-state index in [-0.39, 0.29) is 0 Å². The van der Waals surface area contributed by atoms with E-state index in [0.717, 1.165) is 23.8 Å². The van der Waals surface area contributed by atoms with Crippen LogP contribution in [-0.4, -0.2) is 53.3 Å². The molecule has 1 saturated heterocycles. The van der Waals surface area contributed by atoms with E-state index in [1.54, 1.807) is 0 Å². The summed E-state index contributed by atoms with van der Waals surface area (Å²) in [6.45, 7) is 4.74. The highest BCUT2D eigenvalue weighted by Gasteiger charge is 2.07. The molecule has 1 aromatic rings. The maximum atomic E-state index is 9.10. The van der Waals surface area contributed by atoms with Gasteiger partial charge in [-0.15, -0.1) is 0 Å². The van der Waals surface area contributed by atoms with Crippen molar-refractivity contribution in [3.05, 3.63) is 29.3 Å². The molecule has 1 aliphatic heterocycles. The number of likely N-dealkylation sites (tertiary alicyclic amines) is 1. The van der Waals surface area contributed by atoms with Crippen LogP contribution in [0.15, 0.2) is 24.3 Å². The number of hydrogen-bond acceptors (Lipinski definition) is 4. The molecule has 0 radical (unpaired) electrons. The van der Waals surface area contributed by atoms with Crippen LogP contribution < -0.4 is 4.74 Å². The summed E-state index contributed by atoms with van der Waals surface area (Å²) in [5, 5.41) is 15.5. The van der Waals surface area contributed by atoms with Crippen LogP contribution in [0.2, 0.25) is 5.02 Å². The normalized spacial score (nSPS) is 14.6. The molecule has 1 fully saturated rings. The van der Waals surface area contributed by atoms with Crippen molar-refractivity contribution in [3.63, 3.8) is 0 Å². The van der Waals surface area contributed by atoms with E-state index in [2.05, 4.69) is 4.90 Å². The molecule has 1 aliphatic rings. The highest BCUT2D eigenvalue weighted by molar-refractivity contribution is 6.30. The Morgan fingerprint density at radius 2 is 1.44 bits per heavy atom. The predicted octanol–water partition coefficient (Wildman–Crippen LogP) is 4.31. The van der Waals surface area contributed by atoms with E-state index < -0.39 is 11.9 Å². The summed E-state index contributed by atoms with van der Waals surface area (Å²) in [5.74, 6) is -2.73. The van der Waals surface area contributed by atoms with Crippen LogP contribution in [-0.2, 0) is 9.59 Å². The van der Waals surface area contributed by atoms with E-state index in [9.17, 15) is 0 Å². The Hall–Kier alpha value is -1.79. The second-order valence-corrected chi connectivity index (χ2v) is 7.02. The van der Waals surface area contributed by atoms with Crippen molar-refractivity contribution in [1.82, 2.24) is 4.90 Å². The Kier molecular flexibility index (Phi) is 12.3. The summed E-state index contributed by atoms with van der Waals surface area (Å²) in [5.41, 5.74) is 0. The van der Waals surface area contributed by atoms with Gasteiger partial charge in [0.1, 0.15) is 5.75 Å². The fraction of sp³-hybridized carbons (Fsp3) is 0.600. The molecular formula is C20H30ClNO5. The maximum Gasteiger partial charge on any atom is 0.414 e.